The third-order valence-electron chi connectivity index (χ3n) is 13.7. The van der Waals surface area contributed by atoms with Crippen LogP contribution >= 0.6 is 0 Å². The van der Waals surface area contributed by atoms with E-state index in [2.05, 4.69) is 60.9 Å². The number of aromatic hydroxyl groups is 1. The number of methoxy groups -OCH3 is 2. The number of ether oxygens (including phenoxy) is 3. The van der Waals surface area contributed by atoms with Crippen molar-refractivity contribution in [1.29, 1.82) is 0 Å². The fraction of sp³-hybridized carbons (Fsp3) is 0.491. The summed E-state index contributed by atoms with van der Waals surface area (Å²) in [4.78, 5) is 72.5. The number of phenols is 1. The predicted molar refractivity (Wildman–Crippen MR) is 261 cm³/mol. The van der Waals surface area contributed by atoms with Crippen molar-refractivity contribution in [3.05, 3.63) is 83.9 Å². The first-order valence-corrected chi connectivity index (χ1v) is 23.8. The molecule has 4 atom stereocenters. The topological polar surface area (TPSA) is 172 Å². The van der Waals surface area contributed by atoms with Gasteiger partial charge in [-0.15, -0.1) is 0 Å². The zero-order valence-corrected chi connectivity index (χ0v) is 40.9. The third kappa shape index (κ3) is 10.4. The SMILES string of the molecule is C=CC(=O)N1CC[C@H](C(=O)N(C)[C@H](C(=O)N[C@H]2Cc3cc(O)cc(c3)-c3ccc4c(c3)c(c(-c3c(CCOC)cccc3OC)n4CC)CC(C)(C)COC(=O)[C@@H]3CCCN(N3)C2=O)C(C)C)C1. The second-order valence-corrected chi connectivity index (χ2v) is 19.6. The maximum absolute atomic E-state index is 14.7. The van der Waals surface area contributed by atoms with Crippen molar-refractivity contribution in [3.63, 3.8) is 0 Å². The second kappa shape index (κ2) is 21.0. The van der Waals surface area contributed by atoms with Crippen molar-refractivity contribution in [2.75, 3.05) is 54.1 Å². The van der Waals surface area contributed by atoms with Gasteiger partial charge in [0.1, 0.15) is 29.6 Å². The standard InChI is InChI=1S/C53H68N6O9/c1-10-45(61)57-22-19-36(30-57)50(63)56(7)47(32(3)4)49(62)54-42-26-33-24-37(27-38(60)25-33)35-17-18-43-39(28-35)40(29-53(5,6)31-68-52(65)41-15-13-21-59(55-41)51(42)64)48(58(43)11-2)46-34(20-23-66-8)14-12-16-44(46)67-9/h10,12,14,16-18,24-25,27-28,32,36,41-42,47,55,60H,1,11,13,15,19-23,26,29-31H2,2-9H3,(H,54,62)/t36-,41-,42-,47-/m0/s1. The van der Waals surface area contributed by atoms with Gasteiger partial charge in [0.2, 0.25) is 17.7 Å². The molecule has 3 aliphatic heterocycles. The number of phenolic OH excluding ortho intramolecular Hbond substituents is 1. The van der Waals surface area contributed by atoms with E-state index in [4.69, 9.17) is 14.2 Å². The Morgan fingerprint density at radius 3 is 2.54 bits per heavy atom. The Bertz CT molecular complexity index is 2570. The molecule has 4 aromatic rings. The molecule has 0 spiro atoms. The van der Waals surface area contributed by atoms with E-state index in [9.17, 15) is 29.1 Å². The summed E-state index contributed by atoms with van der Waals surface area (Å²) >= 11 is 0. The number of carbonyl (C=O) groups is 5. The van der Waals surface area contributed by atoms with E-state index in [0.717, 1.165) is 44.6 Å². The highest BCUT2D eigenvalue weighted by atomic mass is 16.5. The number of aromatic nitrogens is 1. The van der Waals surface area contributed by atoms with Gasteiger partial charge < -0.3 is 39.0 Å². The van der Waals surface area contributed by atoms with Crippen LogP contribution in [0.4, 0.5) is 0 Å². The fourth-order valence-electron chi connectivity index (χ4n) is 10.3. The van der Waals surface area contributed by atoms with Crippen molar-refractivity contribution >= 4 is 40.5 Å². The van der Waals surface area contributed by atoms with Crippen LogP contribution in [0, 0.1) is 17.3 Å². The van der Waals surface area contributed by atoms with E-state index in [1.807, 2.05) is 38.1 Å². The number of cyclic esters (lactones) is 1. The molecule has 15 heteroatoms. The lowest BCUT2D eigenvalue weighted by molar-refractivity contribution is -0.155. The fourth-order valence-corrected chi connectivity index (χ4v) is 10.3. The third-order valence-corrected chi connectivity index (χ3v) is 13.7. The van der Waals surface area contributed by atoms with Crippen LogP contribution in [-0.2, 0) is 59.3 Å². The number of nitrogens with zero attached hydrogens (tertiary/aromatic N) is 4. The van der Waals surface area contributed by atoms with E-state index >= 15 is 0 Å². The van der Waals surface area contributed by atoms with Gasteiger partial charge >= 0.3 is 5.97 Å². The molecule has 0 radical (unpaired) electrons. The number of carbonyl (C=O) groups excluding carboxylic acids is 5. The summed E-state index contributed by atoms with van der Waals surface area (Å²) in [6.45, 7) is 15.7. The molecule has 3 aliphatic rings. The number of rotatable bonds is 12. The van der Waals surface area contributed by atoms with Gasteiger partial charge in [0.15, 0.2) is 0 Å². The van der Waals surface area contributed by atoms with Gasteiger partial charge in [0.25, 0.3) is 5.91 Å². The van der Waals surface area contributed by atoms with Crippen molar-refractivity contribution in [2.24, 2.45) is 17.3 Å². The number of esters is 1. The summed E-state index contributed by atoms with van der Waals surface area (Å²) in [6.07, 6.45) is 3.80. The molecule has 0 aliphatic carbocycles. The maximum atomic E-state index is 14.7. The average Bonchev–Trinajstić information content (AvgIpc) is 3.93. The zero-order valence-electron chi connectivity index (χ0n) is 40.9. The van der Waals surface area contributed by atoms with Gasteiger partial charge in [-0.1, -0.05) is 58.5 Å². The first-order valence-electron chi connectivity index (χ1n) is 23.8. The van der Waals surface area contributed by atoms with Crippen LogP contribution in [-0.4, -0.2) is 126 Å². The molecule has 4 amide bonds. The van der Waals surface area contributed by atoms with E-state index < -0.39 is 47.2 Å². The molecule has 0 saturated carbocycles. The Kier molecular flexibility index (Phi) is 15.3. The van der Waals surface area contributed by atoms with Gasteiger partial charge in [0, 0.05) is 68.6 Å². The van der Waals surface area contributed by atoms with Gasteiger partial charge in [-0.05, 0) is 109 Å². The molecule has 6 bridgehead atoms. The number of nitrogens with one attached hydrogen (secondary N) is 2. The molecule has 15 nitrogen and oxygen atoms in total. The summed E-state index contributed by atoms with van der Waals surface area (Å²) in [5.74, 6) is -2.14. The monoisotopic (exact) mass is 933 g/mol. The van der Waals surface area contributed by atoms with E-state index in [1.165, 1.54) is 16.0 Å². The molecule has 1 aromatic heterocycles. The van der Waals surface area contributed by atoms with Crippen molar-refractivity contribution in [3.8, 4) is 33.9 Å². The van der Waals surface area contributed by atoms with Crippen LogP contribution in [0.15, 0.2) is 67.3 Å². The molecule has 364 valence electrons. The van der Waals surface area contributed by atoms with Crippen LogP contribution in [0.25, 0.3) is 33.3 Å². The molecule has 2 saturated heterocycles. The molecular formula is C53H68N6O9. The minimum absolute atomic E-state index is 0.0145. The summed E-state index contributed by atoms with van der Waals surface area (Å²) in [5.41, 5.74) is 9.81. The van der Waals surface area contributed by atoms with Crippen LogP contribution in [0.1, 0.15) is 70.6 Å². The Balaban J connectivity index is 1.32. The lowest BCUT2D eigenvalue weighted by Crippen LogP contribution is -2.62. The smallest absolute Gasteiger partial charge is 0.324 e. The molecule has 3 aromatic carbocycles. The molecule has 7 rings (SSSR count). The number of benzene rings is 3. The molecule has 4 heterocycles. The Morgan fingerprint density at radius 1 is 1.06 bits per heavy atom. The van der Waals surface area contributed by atoms with Crippen LogP contribution < -0.4 is 15.5 Å². The predicted octanol–water partition coefficient (Wildman–Crippen LogP) is 6.06. The largest absolute Gasteiger partial charge is 0.508 e. The lowest BCUT2D eigenvalue weighted by Gasteiger charge is -2.37. The molecule has 3 N–H and O–H groups in total. The van der Waals surface area contributed by atoms with Gasteiger partial charge in [-0.2, -0.15) is 0 Å². The van der Waals surface area contributed by atoms with E-state index in [-0.39, 0.29) is 49.6 Å². The Labute approximate surface area is 399 Å². The molecule has 68 heavy (non-hydrogen) atoms. The zero-order chi connectivity index (χ0) is 49.0. The Morgan fingerprint density at radius 2 is 1.84 bits per heavy atom. The Hall–Kier alpha value is -6.19. The van der Waals surface area contributed by atoms with Gasteiger partial charge in [-0.25, -0.2) is 5.43 Å². The first-order chi connectivity index (χ1) is 32.5. The van der Waals surface area contributed by atoms with Gasteiger partial charge in [-0.3, -0.25) is 29.0 Å². The van der Waals surface area contributed by atoms with Crippen LogP contribution in [0.2, 0.25) is 0 Å². The first kappa shape index (κ1) is 49.7. The van der Waals surface area contributed by atoms with Gasteiger partial charge in [0.05, 0.1) is 31.9 Å². The van der Waals surface area contributed by atoms with Crippen molar-refractivity contribution < 1.29 is 43.3 Å². The number of hydrogen-bond donors (Lipinski definition) is 3. The van der Waals surface area contributed by atoms with E-state index in [1.54, 1.807) is 38.3 Å². The highest BCUT2D eigenvalue weighted by Gasteiger charge is 2.40. The molecule has 0 unspecified atom stereocenters. The van der Waals surface area contributed by atoms with Crippen LogP contribution in [0.3, 0.4) is 0 Å². The summed E-state index contributed by atoms with van der Waals surface area (Å²) < 4.78 is 20.1. The number of hydrazine groups is 1. The van der Waals surface area contributed by atoms with Crippen molar-refractivity contribution in [2.45, 2.75) is 97.8 Å². The second-order valence-electron chi connectivity index (χ2n) is 19.6. The number of amides is 4. The molecule has 2 fully saturated rings. The maximum Gasteiger partial charge on any atom is 0.324 e. The number of fused-ring (bicyclic) bond motifs is 6. The average molecular weight is 933 g/mol. The van der Waals surface area contributed by atoms with Crippen molar-refractivity contribution in [1.82, 2.24) is 30.1 Å². The normalized spacial score (nSPS) is 20.2. The number of hydrogen-bond acceptors (Lipinski definition) is 10. The van der Waals surface area contributed by atoms with E-state index in [0.29, 0.717) is 62.9 Å². The minimum Gasteiger partial charge on any atom is -0.508 e. The summed E-state index contributed by atoms with van der Waals surface area (Å²) in [6, 6.07) is 14.6. The quantitative estimate of drug-likeness (QED) is 0.112. The summed E-state index contributed by atoms with van der Waals surface area (Å²) in [5, 5.41) is 16.8. The van der Waals surface area contributed by atoms with Crippen LogP contribution in [0.5, 0.6) is 11.5 Å². The number of likely N-dealkylation sites (tertiary alicyclic amines) is 1. The number of likely N-dealkylation sites (N-methyl/N-ethyl adjacent to an activating group) is 1. The highest BCUT2D eigenvalue weighted by Crippen LogP contribution is 2.44. The molecular weight excluding hydrogens is 865 g/mol. The number of aryl methyl sites for hydroxylation is 1. The lowest BCUT2D eigenvalue weighted by atomic mass is 9.83. The highest BCUT2D eigenvalue weighted by molar-refractivity contribution is 5.97. The minimum atomic E-state index is -1.17. The summed E-state index contributed by atoms with van der Waals surface area (Å²) in [7, 11) is 4.95.